The molecule has 1 saturated heterocycles. The highest BCUT2D eigenvalue weighted by Gasteiger charge is 2.24. The number of H-pyrrole nitrogens is 1. The van der Waals surface area contributed by atoms with Crippen molar-refractivity contribution < 1.29 is 9.53 Å². The fraction of sp³-hybridized carbons (Fsp3) is 0.438. The van der Waals surface area contributed by atoms with E-state index in [1.807, 2.05) is 18.5 Å². The van der Waals surface area contributed by atoms with Crippen LogP contribution in [0.2, 0.25) is 0 Å². The third kappa shape index (κ3) is 2.81. The quantitative estimate of drug-likeness (QED) is 0.694. The summed E-state index contributed by atoms with van der Waals surface area (Å²) < 4.78 is 6.87. The Kier molecular flexibility index (Phi) is 3.83. The number of aromatic amines is 1. The Labute approximate surface area is 143 Å². The number of ether oxygens (including phenoxy) is 1. The number of cyclic esters (lactones) is 1. The lowest BCUT2D eigenvalue weighted by atomic mass is 10.1. The lowest BCUT2D eigenvalue weighted by Crippen LogP contribution is -2.31. The zero-order chi connectivity index (χ0) is 17.4. The molecule has 4 rings (SSSR count). The zero-order valence-corrected chi connectivity index (χ0v) is 14.1. The van der Waals surface area contributed by atoms with Gasteiger partial charge in [-0.3, -0.25) is 9.89 Å². The summed E-state index contributed by atoms with van der Waals surface area (Å²) in [5.41, 5.74) is 2.43. The average molecular weight is 341 g/mol. The Morgan fingerprint density at radius 2 is 2.32 bits per heavy atom. The van der Waals surface area contributed by atoms with Gasteiger partial charge in [0.05, 0.1) is 35.9 Å². The van der Waals surface area contributed by atoms with Crippen molar-refractivity contribution in [3.05, 3.63) is 18.2 Å². The van der Waals surface area contributed by atoms with E-state index in [-0.39, 0.29) is 12.0 Å². The van der Waals surface area contributed by atoms with Crippen LogP contribution in [0.15, 0.2) is 12.4 Å². The number of carbonyl (C=O) groups is 1. The fourth-order valence-corrected chi connectivity index (χ4v) is 3.05. The molecule has 1 fully saturated rings. The molecule has 9 nitrogen and oxygen atoms in total. The first-order valence-corrected chi connectivity index (χ1v) is 8.31. The van der Waals surface area contributed by atoms with Gasteiger partial charge in [0.1, 0.15) is 5.82 Å². The molecule has 0 spiro atoms. The maximum atomic E-state index is 11.6. The van der Waals surface area contributed by atoms with Gasteiger partial charge < -0.3 is 10.1 Å². The van der Waals surface area contributed by atoms with Crippen molar-refractivity contribution in [2.45, 2.75) is 39.3 Å². The molecule has 0 saturated carbocycles. The predicted molar refractivity (Wildman–Crippen MR) is 90.9 cm³/mol. The Morgan fingerprint density at radius 1 is 1.44 bits per heavy atom. The van der Waals surface area contributed by atoms with Crippen LogP contribution < -0.4 is 5.32 Å². The molecule has 0 radical (unpaired) electrons. The van der Waals surface area contributed by atoms with E-state index < -0.39 is 0 Å². The average Bonchev–Trinajstić information content (AvgIpc) is 3.21. The summed E-state index contributed by atoms with van der Waals surface area (Å²) in [6, 6.07) is -0.00406. The molecular weight excluding hydrogens is 322 g/mol. The smallest absolute Gasteiger partial charge is 0.307 e. The number of aromatic nitrogens is 6. The first-order chi connectivity index (χ1) is 12.2. The van der Waals surface area contributed by atoms with E-state index in [4.69, 9.17) is 4.74 Å². The molecule has 3 aromatic rings. The van der Waals surface area contributed by atoms with E-state index in [0.29, 0.717) is 18.9 Å². The van der Waals surface area contributed by atoms with Crippen molar-refractivity contribution in [2.75, 3.05) is 11.9 Å². The van der Waals surface area contributed by atoms with E-state index in [2.05, 4.69) is 30.6 Å². The highest BCUT2D eigenvalue weighted by Crippen LogP contribution is 2.33. The van der Waals surface area contributed by atoms with Crippen molar-refractivity contribution in [2.24, 2.45) is 0 Å². The predicted octanol–water partition coefficient (Wildman–Crippen LogP) is 1.66. The van der Waals surface area contributed by atoms with E-state index >= 15 is 0 Å². The van der Waals surface area contributed by atoms with Crippen molar-refractivity contribution in [3.63, 3.8) is 0 Å². The van der Waals surface area contributed by atoms with Crippen LogP contribution in [0.1, 0.15) is 25.6 Å². The second-order valence-corrected chi connectivity index (χ2v) is 6.04. The van der Waals surface area contributed by atoms with Gasteiger partial charge in [0.25, 0.3) is 0 Å². The number of pyridine rings is 1. The van der Waals surface area contributed by atoms with Gasteiger partial charge in [-0.05, 0) is 13.8 Å². The van der Waals surface area contributed by atoms with Gasteiger partial charge in [-0.15, -0.1) is 0 Å². The Morgan fingerprint density at radius 3 is 3.04 bits per heavy atom. The first-order valence-electron chi connectivity index (χ1n) is 8.31. The number of carbonyl (C=O) groups excluding carboxylic acids is 1. The molecule has 1 aliphatic heterocycles. The number of rotatable bonds is 4. The molecule has 0 aromatic carbocycles. The summed E-state index contributed by atoms with van der Waals surface area (Å²) in [6.07, 6.45) is 4.63. The van der Waals surface area contributed by atoms with E-state index in [1.54, 1.807) is 12.4 Å². The number of anilines is 1. The SMILES string of the molecule is CCn1ncc2c(NC3CCOC(=O)C3)c(-c3n[nH]c(C)n3)cnc21. The molecule has 1 aliphatic rings. The lowest BCUT2D eigenvalue weighted by Gasteiger charge is -2.24. The second kappa shape index (κ2) is 6.15. The minimum atomic E-state index is -0.186. The largest absolute Gasteiger partial charge is 0.466 e. The molecule has 9 heteroatoms. The van der Waals surface area contributed by atoms with Crippen LogP contribution in [0.3, 0.4) is 0 Å². The molecule has 0 bridgehead atoms. The number of hydrogen-bond acceptors (Lipinski definition) is 7. The molecule has 25 heavy (non-hydrogen) atoms. The fourth-order valence-electron chi connectivity index (χ4n) is 3.05. The van der Waals surface area contributed by atoms with Gasteiger partial charge >= 0.3 is 5.97 Å². The van der Waals surface area contributed by atoms with E-state index in [1.165, 1.54) is 0 Å². The highest BCUT2D eigenvalue weighted by molar-refractivity contribution is 5.97. The van der Waals surface area contributed by atoms with Crippen LogP contribution in [0.25, 0.3) is 22.4 Å². The van der Waals surface area contributed by atoms with Crippen molar-refractivity contribution >= 4 is 22.7 Å². The third-order valence-corrected chi connectivity index (χ3v) is 4.29. The number of hydrogen-bond donors (Lipinski definition) is 2. The Balaban J connectivity index is 1.82. The molecule has 130 valence electrons. The number of aryl methyl sites for hydroxylation is 2. The number of nitrogens with zero attached hydrogens (tertiary/aromatic N) is 5. The van der Waals surface area contributed by atoms with Crippen molar-refractivity contribution in [1.29, 1.82) is 0 Å². The molecule has 1 unspecified atom stereocenters. The topological polar surface area (TPSA) is 111 Å². The molecular formula is C16H19N7O2. The second-order valence-electron chi connectivity index (χ2n) is 6.04. The summed E-state index contributed by atoms with van der Waals surface area (Å²) in [5.74, 6) is 1.11. The van der Waals surface area contributed by atoms with Crippen LogP contribution >= 0.6 is 0 Å². The maximum Gasteiger partial charge on any atom is 0.307 e. The number of esters is 1. The normalized spacial score (nSPS) is 17.7. The van der Waals surface area contributed by atoms with Crippen molar-refractivity contribution in [1.82, 2.24) is 29.9 Å². The van der Waals surface area contributed by atoms with Gasteiger partial charge in [0.15, 0.2) is 11.5 Å². The summed E-state index contributed by atoms with van der Waals surface area (Å²) >= 11 is 0. The van der Waals surface area contributed by atoms with Gasteiger partial charge in [-0.1, -0.05) is 0 Å². The van der Waals surface area contributed by atoms with Crippen LogP contribution in [0.5, 0.6) is 0 Å². The zero-order valence-electron chi connectivity index (χ0n) is 14.1. The summed E-state index contributed by atoms with van der Waals surface area (Å²) in [5, 5.41) is 15.9. The van der Waals surface area contributed by atoms with Crippen LogP contribution in [0.4, 0.5) is 5.69 Å². The molecule has 4 heterocycles. The standard InChI is InChI=1S/C16H19N7O2/c1-3-23-16-12(8-18-23)14(20-10-4-5-25-13(24)6-10)11(7-17-16)15-19-9(2)21-22-15/h7-8,10H,3-6H2,1-2H3,(H,17,20)(H,19,21,22). The molecule has 1 atom stereocenters. The van der Waals surface area contributed by atoms with Gasteiger partial charge in [-0.2, -0.15) is 10.2 Å². The van der Waals surface area contributed by atoms with E-state index in [0.717, 1.165) is 41.1 Å². The Bertz CT molecular complexity index is 930. The van der Waals surface area contributed by atoms with E-state index in [9.17, 15) is 4.79 Å². The van der Waals surface area contributed by atoms with Crippen LogP contribution in [-0.2, 0) is 16.1 Å². The van der Waals surface area contributed by atoms with Crippen molar-refractivity contribution in [3.8, 4) is 11.4 Å². The monoisotopic (exact) mass is 341 g/mol. The van der Waals surface area contributed by atoms with Gasteiger partial charge in [-0.25, -0.2) is 14.6 Å². The molecule has 3 aromatic heterocycles. The molecule has 0 aliphatic carbocycles. The lowest BCUT2D eigenvalue weighted by molar-refractivity contribution is -0.147. The minimum absolute atomic E-state index is 0.00406. The highest BCUT2D eigenvalue weighted by atomic mass is 16.5. The molecule has 0 amide bonds. The molecule has 2 N–H and O–H groups in total. The maximum absolute atomic E-state index is 11.6. The van der Waals surface area contributed by atoms with Crippen LogP contribution in [-0.4, -0.2) is 48.6 Å². The van der Waals surface area contributed by atoms with Crippen LogP contribution in [0, 0.1) is 6.92 Å². The van der Waals surface area contributed by atoms with Gasteiger partial charge in [0.2, 0.25) is 0 Å². The summed E-state index contributed by atoms with van der Waals surface area (Å²) in [4.78, 5) is 20.6. The number of fused-ring (bicyclic) bond motifs is 1. The third-order valence-electron chi connectivity index (χ3n) is 4.29. The summed E-state index contributed by atoms with van der Waals surface area (Å²) in [7, 11) is 0. The van der Waals surface area contributed by atoms with Gasteiger partial charge in [0, 0.05) is 25.2 Å². The first kappa shape index (κ1) is 15.6. The summed E-state index contributed by atoms with van der Waals surface area (Å²) in [6.45, 7) is 5.02. The minimum Gasteiger partial charge on any atom is -0.466 e. The Hall–Kier alpha value is -2.97. The number of nitrogens with one attached hydrogen (secondary N) is 2.